The molecule has 0 spiro atoms. The Morgan fingerprint density at radius 3 is 2.38 bits per heavy atom. The van der Waals surface area contributed by atoms with E-state index in [4.69, 9.17) is 40.4 Å². The number of pyridine rings is 1. The van der Waals surface area contributed by atoms with Crippen molar-refractivity contribution in [2.24, 2.45) is 11.8 Å². The summed E-state index contributed by atoms with van der Waals surface area (Å²) in [5.74, 6) is 1.27. The fourth-order valence-electron chi connectivity index (χ4n) is 7.13. The first-order valence-electron chi connectivity index (χ1n) is 14.8. The zero-order valence-corrected chi connectivity index (χ0v) is 27.5. The number of thiocarbonyl (C=S) groups is 1. The van der Waals surface area contributed by atoms with E-state index in [-0.39, 0.29) is 17.6 Å². The number of nitrogens with zero attached hydrogens (tertiary/aromatic N) is 4. The molecule has 2 saturated heterocycles. The Bertz CT molecular complexity index is 1540. The molecule has 3 aliphatic heterocycles. The lowest BCUT2D eigenvalue weighted by Crippen LogP contribution is -2.42. The molecule has 0 aliphatic carbocycles. The summed E-state index contributed by atoms with van der Waals surface area (Å²) in [5.41, 5.74) is 7.34. The van der Waals surface area contributed by atoms with Crippen LogP contribution in [0.5, 0.6) is 0 Å². The van der Waals surface area contributed by atoms with E-state index in [9.17, 15) is 0 Å². The van der Waals surface area contributed by atoms with Crippen molar-refractivity contribution in [2.75, 3.05) is 34.8 Å². The summed E-state index contributed by atoms with van der Waals surface area (Å²) in [6, 6.07) is 16.2. The molecule has 8 heteroatoms. The minimum Gasteiger partial charge on any atom is -0.370 e. The van der Waals surface area contributed by atoms with Gasteiger partial charge in [0.1, 0.15) is 0 Å². The maximum atomic E-state index is 7.19. The lowest BCUT2D eigenvalue weighted by molar-refractivity contribution is 0.357. The molecule has 3 aliphatic rings. The number of hydrogen-bond acceptors (Lipinski definition) is 4. The van der Waals surface area contributed by atoms with E-state index in [1.165, 1.54) is 17.6 Å². The molecule has 3 aromatic rings. The van der Waals surface area contributed by atoms with Crippen molar-refractivity contribution >= 4 is 63.2 Å². The van der Waals surface area contributed by atoms with Gasteiger partial charge in [0.25, 0.3) is 0 Å². The predicted molar refractivity (Wildman–Crippen MR) is 182 cm³/mol. The number of rotatable bonds is 4. The number of anilines is 3. The van der Waals surface area contributed by atoms with Crippen molar-refractivity contribution < 1.29 is 0 Å². The first kappa shape index (κ1) is 29.3. The Morgan fingerprint density at radius 2 is 1.71 bits per heavy atom. The molecule has 2 aromatic carbocycles. The molecule has 2 fully saturated rings. The van der Waals surface area contributed by atoms with Crippen LogP contribution in [0.3, 0.4) is 0 Å². The van der Waals surface area contributed by atoms with E-state index >= 15 is 0 Å². The second-order valence-corrected chi connectivity index (χ2v) is 14.1. The predicted octanol–water partition coefficient (Wildman–Crippen LogP) is 8.68. The fraction of sp³-hybridized carbons (Fsp3) is 0.412. The highest BCUT2D eigenvalue weighted by Crippen LogP contribution is 2.48. The third kappa shape index (κ3) is 5.16. The number of benzene rings is 2. The average molecular weight is 621 g/mol. The van der Waals surface area contributed by atoms with E-state index in [1.807, 2.05) is 24.4 Å². The van der Waals surface area contributed by atoms with Crippen LogP contribution in [0.4, 0.5) is 17.1 Å². The minimum atomic E-state index is -0.227. The topological polar surface area (TPSA) is 34.6 Å². The quantitative estimate of drug-likeness (QED) is 0.294. The molecule has 0 bridgehead atoms. The van der Waals surface area contributed by atoms with Crippen molar-refractivity contribution in [1.82, 2.24) is 10.3 Å². The maximum Gasteiger partial charge on any atom is 0.174 e. The van der Waals surface area contributed by atoms with Crippen LogP contribution in [-0.4, -0.2) is 35.8 Å². The third-order valence-electron chi connectivity index (χ3n) is 9.17. The number of nitrogens with one attached hydrogen (secondary N) is 1. The molecule has 42 heavy (non-hydrogen) atoms. The Kier molecular flexibility index (Phi) is 7.70. The molecular weight excluding hydrogens is 581 g/mol. The van der Waals surface area contributed by atoms with E-state index in [0.717, 1.165) is 46.4 Å². The smallest absolute Gasteiger partial charge is 0.174 e. The van der Waals surface area contributed by atoms with Crippen LogP contribution in [0.2, 0.25) is 10.0 Å². The fourth-order valence-corrected chi connectivity index (χ4v) is 8.04. The molecule has 0 amide bonds. The Morgan fingerprint density at radius 1 is 0.976 bits per heavy atom. The first-order valence-corrected chi connectivity index (χ1v) is 15.9. The number of halogens is 2. The highest BCUT2D eigenvalue weighted by Gasteiger charge is 2.43. The van der Waals surface area contributed by atoms with Gasteiger partial charge in [-0.2, -0.15) is 0 Å². The third-order valence-corrected chi connectivity index (χ3v) is 10.1. The van der Waals surface area contributed by atoms with Crippen LogP contribution in [-0.2, 0) is 0 Å². The van der Waals surface area contributed by atoms with Crippen LogP contribution in [0.25, 0.3) is 5.57 Å². The minimum absolute atomic E-state index is 0.108. The van der Waals surface area contributed by atoms with Gasteiger partial charge in [-0.3, -0.25) is 4.98 Å². The Hall–Kier alpha value is -2.80. The van der Waals surface area contributed by atoms with E-state index in [0.29, 0.717) is 22.0 Å². The number of fused-ring (bicyclic) bond motifs is 1. The molecule has 220 valence electrons. The van der Waals surface area contributed by atoms with Gasteiger partial charge in [-0.15, -0.1) is 0 Å². The maximum absolute atomic E-state index is 7.19. The summed E-state index contributed by atoms with van der Waals surface area (Å²) in [6.07, 6.45) is 5.39. The van der Waals surface area contributed by atoms with Crippen molar-refractivity contribution in [3.05, 3.63) is 87.7 Å². The van der Waals surface area contributed by atoms with Crippen LogP contribution in [0, 0.1) is 11.8 Å². The monoisotopic (exact) mass is 619 g/mol. The molecule has 0 radical (unpaired) electrons. The summed E-state index contributed by atoms with van der Waals surface area (Å²) in [5, 5.41) is 5.63. The highest BCUT2D eigenvalue weighted by atomic mass is 35.5. The second kappa shape index (κ2) is 11.0. The van der Waals surface area contributed by atoms with Gasteiger partial charge in [0, 0.05) is 48.3 Å². The number of hydrogen-bond donors (Lipinski definition) is 1. The molecule has 1 N–H and O–H groups in total. The van der Waals surface area contributed by atoms with Crippen molar-refractivity contribution in [3.63, 3.8) is 0 Å². The van der Waals surface area contributed by atoms with Crippen molar-refractivity contribution in [1.29, 1.82) is 0 Å². The lowest BCUT2D eigenvalue weighted by Gasteiger charge is -2.41. The number of aromatic nitrogens is 1. The number of allylic oxidation sites excluding steroid dienone is 1. The molecule has 0 unspecified atom stereocenters. The van der Waals surface area contributed by atoms with E-state index in [2.05, 4.69) is 98.1 Å². The van der Waals surface area contributed by atoms with Gasteiger partial charge < -0.3 is 20.0 Å². The summed E-state index contributed by atoms with van der Waals surface area (Å²) >= 11 is 20.2. The Balaban J connectivity index is 1.46. The van der Waals surface area contributed by atoms with Crippen LogP contribution in [0.1, 0.15) is 69.9 Å². The molecule has 6 rings (SSSR count). The van der Waals surface area contributed by atoms with Gasteiger partial charge in [0.05, 0.1) is 34.0 Å². The molecule has 1 aromatic heterocycles. The van der Waals surface area contributed by atoms with Crippen molar-refractivity contribution in [3.8, 4) is 0 Å². The molecular formula is C34H39Cl2N5S. The van der Waals surface area contributed by atoms with E-state index in [1.54, 1.807) is 0 Å². The summed E-state index contributed by atoms with van der Waals surface area (Å²) in [7, 11) is 2.13. The largest absolute Gasteiger partial charge is 0.370 e. The zero-order valence-electron chi connectivity index (χ0n) is 25.2. The van der Waals surface area contributed by atoms with Crippen LogP contribution < -0.4 is 20.0 Å². The van der Waals surface area contributed by atoms with E-state index < -0.39 is 0 Å². The van der Waals surface area contributed by atoms with Gasteiger partial charge in [0.15, 0.2) is 5.11 Å². The molecule has 4 atom stereocenters. The van der Waals surface area contributed by atoms with Crippen LogP contribution >= 0.6 is 35.4 Å². The SMILES string of the molecule is CC1=CC(C)(C)N(C)c2cc(Cl)c([C@@H]3[C@@H](c4ccccn4)NC(=S)N3c3ccc(N4C[C@H](C)C[C@H](C)C4)c(Cl)c3)cc21. The van der Waals surface area contributed by atoms with Gasteiger partial charge >= 0.3 is 0 Å². The standard InChI is InChI=1S/C34H39Cl2N5S/c1-20-13-21(2)19-40(18-20)29-11-10-23(14-27(29)36)41-32(31(38-33(41)42)28-9-7-8-12-37-28)25-15-24-22(3)17-34(4,5)39(6)30(24)16-26(25)35/h7-12,14-17,20-21,31-32H,13,18-19H2,1-6H3,(H,38,42)/t20-,21+,31-,32-/m1/s1. The molecule has 0 saturated carbocycles. The summed E-state index contributed by atoms with van der Waals surface area (Å²) < 4.78 is 0. The number of piperidine rings is 1. The normalized spacial score (nSPS) is 25.3. The van der Waals surface area contributed by atoms with Gasteiger partial charge in [-0.25, -0.2) is 0 Å². The van der Waals surface area contributed by atoms with Crippen molar-refractivity contribution in [2.45, 2.75) is 58.7 Å². The highest BCUT2D eigenvalue weighted by molar-refractivity contribution is 7.80. The number of likely N-dealkylation sites (N-methyl/N-ethyl adjacent to an activating group) is 1. The zero-order chi connectivity index (χ0) is 29.9. The lowest BCUT2D eigenvalue weighted by atomic mass is 9.86. The molecule has 4 heterocycles. The van der Waals surface area contributed by atoms with Gasteiger partial charge in [0.2, 0.25) is 0 Å². The second-order valence-electron chi connectivity index (χ2n) is 12.9. The Labute approximate surface area is 265 Å². The average Bonchev–Trinajstić information content (AvgIpc) is 3.28. The van der Waals surface area contributed by atoms with Gasteiger partial charge in [-0.1, -0.05) is 49.2 Å². The summed E-state index contributed by atoms with van der Waals surface area (Å²) in [4.78, 5) is 11.6. The summed E-state index contributed by atoms with van der Waals surface area (Å²) in [6.45, 7) is 13.3. The first-order chi connectivity index (χ1) is 19.9. The van der Waals surface area contributed by atoms with Crippen LogP contribution in [0.15, 0.2) is 60.8 Å². The molecule has 5 nitrogen and oxygen atoms in total. The van der Waals surface area contributed by atoms with Gasteiger partial charge in [-0.05, 0) is 105 Å².